The molecule has 172 valence electrons. The number of pyridine rings is 1. The van der Waals surface area contributed by atoms with Gasteiger partial charge in [-0.3, -0.25) is 4.79 Å². The molecule has 0 aromatic carbocycles. The van der Waals surface area contributed by atoms with E-state index in [1.54, 1.807) is 23.1 Å². The van der Waals surface area contributed by atoms with Gasteiger partial charge >= 0.3 is 6.18 Å². The number of nitrogens with one attached hydrogen (secondary N) is 2. The van der Waals surface area contributed by atoms with Crippen LogP contribution in [0, 0.1) is 0 Å². The molecule has 4 aromatic heterocycles. The number of H-pyrrole nitrogens is 1. The van der Waals surface area contributed by atoms with Crippen LogP contribution < -0.4 is 5.32 Å². The lowest BCUT2D eigenvalue weighted by Crippen LogP contribution is -2.35. The molecule has 1 amide bonds. The van der Waals surface area contributed by atoms with E-state index in [0.717, 1.165) is 50.4 Å². The Balaban J connectivity index is 1.47. The second-order valence-corrected chi connectivity index (χ2v) is 8.22. The van der Waals surface area contributed by atoms with Crippen molar-refractivity contribution in [1.29, 1.82) is 0 Å². The number of amides is 1. The largest absolute Gasteiger partial charge is 0.408 e. The number of carbonyl (C=O) groups is 1. The number of fused-ring (bicyclic) bond motifs is 2. The van der Waals surface area contributed by atoms with Gasteiger partial charge in [-0.05, 0) is 43.9 Å². The number of aromatic amines is 1. The zero-order chi connectivity index (χ0) is 23.2. The molecule has 0 radical (unpaired) electrons. The Hall–Kier alpha value is -3.63. The van der Waals surface area contributed by atoms with Crippen LogP contribution in [0.3, 0.4) is 0 Å². The second-order valence-electron chi connectivity index (χ2n) is 8.22. The maximum absolute atomic E-state index is 13.0. The minimum Gasteiger partial charge on any atom is -0.345 e. The smallest absolute Gasteiger partial charge is 0.345 e. The van der Waals surface area contributed by atoms with Crippen molar-refractivity contribution >= 4 is 28.4 Å². The van der Waals surface area contributed by atoms with Crippen molar-refractivity contribution in [2.75, 3.05) is 18.4 Å². The number of piperidine rings is 1. The fraction of sp³-hybridized carbons (Fsp3) is 0.364. The normalized spacial score (nSPS) is 15.8. The zero-order valence-corrected chi connectivity index (χ0v) is 17.9. The van der Waals surface area contributed by atoms with Crippen LogP contribution in [0.4, 0.5) is 19.1 Å². The molecule has 0 aliphatic carbocycles. The van der Waals surface area contributed by atoms with E-state index in [0.29, 0.717) is 22.1 Å². The number of halogens is 3. The summed E-state index contributed by atoms with van der Waals surface area (Å²) in [6.45, 7) is 2.51. The standard InChI is InChI=1S/C22H22F3N7O/c1-13(22(23,24)25)29-21-27-11-16-15(10-26-19(16)30-21)14-5-8-32-18(9-14)17(12-28-32)20(33)31-6-3-2-4-7-31/h5,8-13H,2-4,6-7H2,1H3,(H2,26,27,29,30). The number of alkyl halides is 3. The highest BCUT2D eigenvalue weighted by atomic mass is 19.4. The molecule has 4 aromatic rings. The number of rotatable bonds is 4. The van der Waals surface area contributed by atoms with Crippen LogP contribution in [0.1, 0.15) is 36.5 Å². The molecule has 1 atom stereocenters. The molecule has 1 unspecified atom stereocenters. The number of carbonyl (C=O) groups excluding carboxylic acids is 1. The predicted octanol–water partition coefficient (Wildman–Crippen LogP) is 4.26. The Labute approximate surface area is 186 Å². The Morgan fingerprint density at radius 1 is 1.21 bits per heavy atom. The summed E-state index contributed by atoms with van der Waals surface area (Å²) in [5, 5.41) is 7.25. The van der Waals surface area contributed by atoms with Crippen LogP contribution in [-0.2, 0) is 0 Å². The minimum absolute atomic E-state index is 0.0291. The summed E-state index contributed by atoms with van der Waals surface area (Å²) >= 11 is 0. The van der Waals surface area contributed by atoms with E-state index in [-0.39, 0.29) is 11.9 Å². The monoisotopic (exact) mass is 457 g/mol. The molecule has 0 bridgehead atoms. The van der Waals surface area contributed by atoms with E-state index >= 15 is 0 Å². The highest BCUT2D eigenvalue weighted by Crippen LogP contribution is 2.30. The second kappa shape index (κ2) is 8.05. The van der Waals surface area contributed by atoms with Crippen molar-refractivity contribution in [2.45, 2.75) is 38.4 Å². The third-order valence-corrected chi connectivity index (χ3v) is 5.97. The lowest BCUT2D eigenvalue weighted by molar-refractivity contribution is -0.138. The van der Waals surface area contributed by atoms with Crippen LogP contribution in [0.2, 0.25) is 0 Å². The van der Waals surface area contributed by atoms with Gasteiger partial charge in [0.2, 0.25) is 5.95 Å². The summed E-state index contributed by atoms with van der Waals surface area (Å²) in [5.41, 5.74) is 3.24. The average Bonchev–Trinajstić information content (AvgIpc) is 3.42. The maximum Gasteiger partial charge on any atom is 0.408 e. The van der Waals surface area contributed by atoms with E-state index in [9.17, 15) is 18.0 Å². The van der Waals surface area contributed by atoms with Crippen LogP contribution in [0.25, 0.3) is 27.7 Å². The molecule has 5 heterocycles. The highest BCUT2D eigenvalue weighted by Gasteiger charge is 2.36. The molecule has 11 heteroatoms. The first-order valence-corrected chi connectivity index (χ1v) is 10.8. The van der Waals surface area contributed by atoms with E-state index in [2.05, 4.69) is 25.4 Å². The summed E-state index contributed by atoms with van der Waals surface area (Å²) in [6.07, 6.45) is 5.33. The minimum atomic E-state index is -4.40. The van der Waals surface area contributed by atoms with Crippen LogP contribution in [0.15, 0.2) is 36.9 Å². The molecule has 1 fully saturated rings. The molecule has 0 spiro atoms. The Bertz CT molecular complexity index is 1320. The van der Waals surface area contributed by atoms with Crippen LogP contribution in [-0.4, -0.2) is 60.7 Å². The number of hydrogen-bond donors (Lipinski definition) is 2. The third-order valence-electron chi connectivity index (χ3n) is 5.97. The number of aromatic nitrogens is 5. The molecule has 1 aliphatic heterocycles. The van der Waals surface area contributed by atoms with E-state index < -0.39 is 12.2 Å². The summed E-state index contributed by atoms with van der Waals surface area (Å²) in [6, 6.07) is 1.96. The van der Waals surface area contributed by atoms with Crippen molar-refractivity contribution < 1.29 is 18.0 Å². The van der Waals surface area contributed by atoms with Gasteiger partial charge in [0.15, 0.2) is 0 Å². The molecule has 0 saturated carbocycles. The number of likely N-dealkylation sites (tertiary alicyclic amines) is 1. The van der Waals surface area contributed by atoms with Gasteiger partial charge in [-0.1, -0.05) is 0 Å². The van der Waals surface area contributed by atoms with Gasteiger partial charge < -0.3 is 15.2 Å². The van der Waals surface area contributed by atoms with Crippen LogP contribution >= 0.6 is 0 Å². The van der Waals surface area contributed by atoms with Crippen molar-refractivity contribution in [3.63, 3.8) is 0 Å². The van der Waals surface area contributed by atoms with Gasteiger partial charge in [0, 0.05) is 42.6 Å². The molecule has 2 N–H and O–H groups in total. The Morgan fingerprint density at radius 2 is 2.00 bits per heavy atom. The quantitative estimate of drug-likeness (QED) is 0.478. The van der Waals surface area contributed by atoms with E-state index in [1.807, 2.05) is 17.0 Å². The zero-order valence-electron chi connectivity index (χ0n) is 17.9. The summed E-state index contributed by atoms with van der Waals surface area (Å²) in [4.78, 5) is 26.1. The molecule has 8 nitrogen and oxygen atoms in total. The summed E-state index contributed by atoms with van der Waals surface area (Å²) < 4.78 is 40.1. The first-order valence-electron chi connectivity index (χ1n) is 10.8. The molecule has 33 heavy (non-hydrogen) atoms. The number of hydrogen-bond acceptors (Lipinski definition) is 5. The first kappa shape index (κ1) is 21.2. The molecule has 1 aliphatic rings. The fourth-order valence-electron chi connectivity index (χ4n) is 4.07. The van der Waals surface area contributed by atoms with Gasteiger partial charge in [0.05, 0.1) is 17.3 Å². The van der Waals surface area contributed by atoms with E-state index in [1.165, 1.54) is 6.20 Å². The van der Waals surface area contributed by atoms with Crippen LogP contribution in [0.5, 0.6) is 0 Å². The SMILES string of the molecule is CC(Nc1ncc2c(-c3ccn4ncc(C(=O)N5CCCCC5)c4c3)c[nH]c2n1)C(F)(F)F. The first-order chi connectivity index (χ1) is 15.8. The fourth-order valence-corrected chi connectivity index (χ4v) is 4.07. The molecule has 1 saturated heterocycles. The average molecular weight is 457 g/mol. The number of nitrogens with zero attached hydrogens (tertiary/aromatic N) is 5. The number of anilines is 1. The van der Waals surface area contributed by atoms with Crippen molar-refractivity contribution in [3.8, 4) is 11.1 Å². The van der Waals surface area contributed by atoms with Crippen molar-refractivity contribution in [3.05, 3.63) is 42.5 Å². The lowest BCUT2D eigenvalue weighted by atomic mass is 10.1. The van der Waals surface area contributed by atoms with Gasteiger partial charge in [0.25, 0.3) is 5.91 Å². The Morgan fingerprint density at radius 3 is 2.76 bits per heavy atom. The summed E-state index contributed by atoms with van der Waals surface area (Å²) in [7, 11) is 0. The molecule has 5 rings (SSSR count). The van der Waals surface area contributed by atoms with Gasteiger partial charge in [-0.15, -0.1) is 0 Å². The topological polar surface area (TPSA) is 91.2 Å². The van der Waals surface area contributed by atoms with E-state index in [4.69, 9.17) is 0 Å². The van der Waals surface area contributed by atoms with Gasteiger partial charge in [0.1, 0.15) is 11.7 Å². The van der Waals surface area contributed by atoms with Crippen molar-refractivity contribution in [1.82, 2.24) is 29.5 Å². The van der Waals surface area contributed by atoms with Gasteiger partial charge in [-0.25, -0.2) is 9.50 Å². The highest BCUT2D eigenvalue weighted by molar-refractivity contribution is 6.02. The van der Waals surface area contributed by atoms with Gasteiger partial charge in [-0.2, -0.15) is 23.3 Å². The predicted molar refractivity (Wildman–Crippen MR) is 117 cm³/mol. The Kier molecular flexibility index (Phi) is 5.18. The molecular weight excluding hydrogens is 435 g/mol. The van der Waals surface area contributed by atoms with Crippen molar-refractivity contribution in [2.24, 2.45) is 0 Å². The lowest BCUT2D eigenvalue weighted by Gasteiger charge is -2.26. The summed E-state index contributed by atoms with van der Waals surface area (Å²) in [5.74, 6) is -0.139. The molecular formula is C22H22F3N7O. The third kappa shape index (κ3) is 3.98. The maximum atomic E-state index is 13.0.